The number of fused-ring (bicyclic) bond motifs is 2. The van der Waals surface area contributed by atoms with Crippen LogP contribution in [0.2, 0.25) is 5.02 Å². The van der Waals surface area contributed by atoms with Gasteiger partial charge in [-0.05, 0) is 54.6 Å². The average Bonchev–Trinajstić information content (AvgIpc) is 3.31. The molecule has 4 aromatic rings. The highest BCUT2D eigenvalue weighted by Gasteiger charge is 2.56. The zero-order valence-electron chi connectivity index (χ0n) is 20.3. The van der Waals surface area contributed by atoms with Gasteiger partial charge in [-0.3, -0.25) is 4.79 Å². The van der Waals surface area contributed by atoms with Crippen LogP contribution in [0.15, 0.2) is 113 Å². The molecular formula is C30H23ClN4OS. The van der Waals surface area contributed by atoms with Gasteiger partial charge in [0, 0.05) is 28.6 Å². The Morgan fingerprint density at radius 1 is 0.811 bits per heavy atom. The lowest BCUT2D eigenvalue weighted by molar-refractivity contribution is -0.110. The first-order valence-corrected chi connectivity index (χ1v) is 13.1. The van der Waals surface area contributed by atoms with E-state index in [4.69, 9.17) is 21.8 Å². The SMILES string of the molecule is CC(=O)C1=NN(c2ccccc2C)[C@@]2(S1)c1ccccc1C(c1ccc(Cl)cc1)=NN2c1ccccc1. The molecule has 6 rings (SSSR count). The minimum atomic E-state index is -0.957. The predicted molar refractivity (Wildman–Crippen MR) is 153 cm³/mol. The number of Topliss-reactive ketones (excluding diaryl/α,β-unsaturated/α-hetero) is 1. The zero-order chi connectivity index (χ0) is 25.6. The second-order valence-electron chi connectivity index (χ2n) is 8.92. The van der Waals surface area contributed by atoms with Crippen LogP contribution in [0, 0.1) is 6.92 Å². The van der Waals surface area contributed by atoms with E-state index >= 15 is 0 Å². The van der Waals surface area contributed by atoms with Gasteiger partial charge in [-0.25, -0.2) is 10.0 Å². The minimum Gasteiger partial charge on any atom is -0.292 e. The van der Waals surface area contributed by atoms with E-state index in [0.29, 0.717) is 10.1 Å². The fourth-order valence-corrected chi connectivity index (χ4v) is 6.16. The molecule has 0 unspecified atom stereocenters. The van der Waals surface area contributed by atoms with E-state index in [1.165, 1.54) is 11.8 Å². The summed E-state index contributed by atoms with van der Waals surface area (Å²) in [5, 5.41) is 15.3. The second kappa shape index (κ2) is 9.21. The summed E-state index contributed by atoms with van der Waals surface area (Å²) in [4.78, 5) is 11.8. The third-order valence-corrected chi connectivity index (χ3v) is 8.17. The van der Waals surface area contributed by atoms with Gasteiger partial charge in [0.05, 0.1) is 17.1 Å². The number of ketones is 1. The topological polar surface area (TPSA) is 48.3 Å². The number of halogens is 1. The van der Waals surface area contributed by atoms with Crippen LogP contribution < -0.4 is 10.0 Å². The molecule has 0 bridgehead atoms. The number of benzene rings is 4. The molecule has 37 heavy (non-hydrogen) atoms. The molecule has 0 fully saturated rings. The summed E-state index contributed by atoms with van der Waals surface area (Å²) in [6.07, 6.45) is 0. The zero-order valence-corrected chi connectivity index (χ0v) is 21.9. The first kappa shape index (κ1) is 23.5. The van der Waals surface area contributed by atoms with Gasteiger partial charge < -0.3 is 0 Å². The molecule has 0 saturated heterocycles. The van der Waals surface area contributed by atoms with E-state index < -0.39 is 4.99 Å². The molecule has 182 valence electrons. The van der Waals surface area contributed by atoms with Crippen molar-refractivity contribution >= 4 is 51.3 Å². The van der Waals surface area contributed by atoms with Crippen molar-refractivity contribution in [2.24, 2.45) is 10.2 Å². The van der Waals surface area contributed by atoms with E-state index in [1.54, 1.807) is 6.92 Å². The Hall–Kier alpha value is -3.87. The number of thioether (sulfide) groups is 1. The Morgan fingerprint density at radius 2 is 1.49 bits per heavy atom. The summed E-state index contributed by atoms with van der Waals surface area (Å²) in [6, 6.07) is 34.1. The van der Waals surface area contributed by atoms with Crippen LogP contribution >= 0.6 is 23.4 Å². The Balaban J connectivity index is 1.68. The Bertz CT molecular complexity index is 1570. The van der Waals surface area contributed by atoms with Crippen LogP contribution in [0.1, 0.15) is 29.2 Å². The van der Waals surface area contributed by atoms with Gasteiger partial charge in [0.15, 0.2) is 10.8 Å². The largest absolute Gasteiger partial charge is 0.292 e. The number of rotatable bonds is 4. The molecule has 0 radical (unpaired) electrons. The van der Waals surface area contributed by atoms with Crippen molar-refractivity contribution in [3.63, 3.8) is 0 Å². The third kappa shape index (κ3) is 3.84. The lowest BCUT2D eigenvalue weighted by atomic mass is 9.93. The monoisotopic (exact) mass is 522 g/mol. The number of para-hydroxylation sites is 2. The fourth-order valence-electron chi connectivity index (χ4n) is 4.75. The quantitative estimate of drug-likeness (QED) is 0.284. The highest BCUT2D eigenvalue weighted by Crippen LogP contribution is 2.55. The van der Waals surface area contributed by atoms with Crippen LogP contribution in [-0.2, 0) is 9.79 Å². The Kier molecular flexibility index (Phi) is 5.86. The molecular weight excluding hydrogens is 500 g/mol. The van der Waals surface area contributed by atoms with Crippen LogP contribution in [0.3, 0.4) is 0 Å². The number of hydrazone groups is 2. The van der Waals surface area contributed by atoms with Crippen LogP contribution in [0.25, 0.3) is 0 Å². The molecule has 2 heterocycles. The van der Waals surface area contributed by atoms with Crippen molar-refractivity contribution in [2.75, 3.05) is 10.0 Å². The van der Waals surface area contributed by atoms with Gasteiger partial charge in [0.1, 0.15) is 0 Å². The minimum absolute atomic E-state index is 0.0848. The summed E-state index contributed by atoms with van der Waals surface area (Å²) < 4.78 is 0. The highest BCUT2D eigenvalue weighted by atomic mass is 35.5. The summed E-state index contributed by atoms with van der Waals surface area (Å²) in [5.41, 5.74) is 6.58. The standard InChI is InChI=1S/C30H23ClN4OS/c1-20-10-6-9-15-27(20)35-30(37-29(33-35)21(2)36)26-14-8-7-13-25(26)28(22-16-18-23(31)19-17-22)32-34(30)24-11-4-3-5-12-24/h3-19H,1-2H3/t30-/m1/s1. The van der Waals surface area contributed by atoms with Crippen molar-refractivity contribution in [2.45, 2.75) is 18.8 Å². The number of carbonyl (C=O) groups is 1. The van der Waals surface area contributed by atoms with E-state index in [0.717, 1.165) is 39.3 Å². The molecule has 0 aliphatic carbocycles. The number of anilines is 2. The molecule has 2 aliphatic rings. The molecule has 1 spiro atoms. The van der Waals surface area contributed by atoms with E-state index in [2.05, 4.69) is 25.1 Å². The maximum Gasteiger partial charge on any atom is 0.234 e. The number of hydrogen-bond donors (Lipinski definition) is 0. The number of carbonyl (C=O) groups excluding carboxylic acids is 1. The highest BCUT2D eigenvalue weighted by molar-refractivity contribution is 8.17. The third-order valence-electron chi connectivity index (χ3n) is 6.50. The van der Waals surface area contributed by atoms with Crippen molar-refractivity contribution in [3.05, 3.63) is 130 Å². The van der Waals surface area contributed by atoms with Crippen molar-refractivity contribution in [1.82, 2.24) is 0 Å². The van der Waals surface area contributed by atoms with Crippen LogP contribution in [0.4, 0.5) is 11.4 Å². The second-order valence-corrected chi connectivity index (χ2v) is 10.5. The first-order chi connectivity index (χ1) is 18.0. The van der Waals surface area contributed by atoms with Crippen molar-refractivity contribution in [3.8, 4) is 0 Å². The summed E-state index contributed by atoms with van der Waals surface area (Å²) in [5.74, 6) is -0.0848. The summed E-state index contributed by atoms with van der Waals surface area (Å²) >= 11 is 7.64. The van der Waals surface area contributed by atoms with Crippen molar-refractivity contribution < 1.29 is 4.79 Å². The van der Waals surface area contributed by atoms with Gasteiger partial charge in [0.2, 0.25) is 4.99 Å². The van der Waals surface area contributed by atoms with Crippen LogP contribution in [-0.4, -0.2) is 16.5 Å². The van der Waals surface area contributed by atoms with Gasteiger partial charge in [-0.15, -0.1) is 0 Å². The van der Waals surface area contributed by atoms with Gasteiger partial charge >= 0.3 is 0 Å². The van der Waals surface area contributed by atoms with Crippen LogP contribution in [0.5, 0.6) is 0 Å². The van der Waals surface area contributed by atoms with Gasteiger partial charge in [-0.1, -0.05) is 84.4 Å². The Morgan fingerprint density at radius 3 is 2.22 bits per heavy atom. The average molecular weight is 523 g/mol. The molecule has 0 saturated carbocycles. The molecule has 1 atom stereocenters. The van der Waals surface area contributed by atoms with Crippen molar-refractivity contribution in [1.29, 1.82) is 0 Å². The maximum absolute atomic E-state index is 12.8. The molecule has 2 aliphatic heterocycles. The molecule has 0 aromatic heterocycles. The summed E-state index contributed by atoms with van der Waals surface area (Å²) in [6.45, 7) is 3.61. The molecule has 5 nitrogen and oxygen atoms in total. The number of hydrogen-bond acceptors (Lipinski definition) is 6. The van der Waals surface area contributed by atoms with Gasteiger partial charge in [-0.2, -0.15) is 10.2 Å². The molecule has 0 N–H and O–H groups in total. The predicted octanol–water partition coefficient (Wildman–Crippen LogP) is 7.19. The van der Waals surface area contributed by atoms with Gasteiger partial charge in [0.25, 0.3) is 0 Å². The lowest BCUT2D eigenvalue weighted by Gasteiger charge is -2.47. The number of nitrogens with zero attached hydrogens (tertiary/aromatic N) is 4. The molecule has 4 aromatic carbocycles. The van der Waals surface area contributed by atoms with E-state index in [-0.39, 0.29) is 5.78 Å². The Labute approximate surface area is 225 Å². The number of aryl methyl sites for hydroxylation is 1. The summed E-state index contributed by atoms with van der Waals surface area (Å²) in [7, 11) is 0. The maximum atomic E-state index is 12.8. The van der Waals surface area contributed by atoms with E-state index in [1.807, 2.05) is 94.9 Å². The molecule has 7 heteroatoms. The normalized spacial score (nSPS) is 18.5. The molecule has 0 amide bonds. The first-order valence-electron chi connectivity index (χ1n) is 11.9. The fraction of sp³-hybridized carbons (Fsp3) is 0.100. The lowest BCUT2D eigenvalue weighted by Crippen LogP contribution is -2.54. The van der Waals surface area contributed by atoms with E-state index in [9.17, 15) is 4.79 Å². The smallest absolute Gasteiger partial charge is 0.234 e.